The first-order chi connectivity index (χ1) is 14.9. The summed E-state index contributed by atoms with van der Waals surface area (Å²) in [5.74, 6) is 0. The summed E-state index contributed by atoms with van der Waals surface area (Å²) >= 11 is 0. The molecule has 5 nitrogen and oxygen atoms in total. The number of unbranched alkanes of at least 4 members (excludes halogenated alkanes) is 1. The molecule has 5 heteroatoms. The second-order valence-corrected chi connectivity index (χ2v) is 8.01. The van der Waals surface area contributed by atoms with Crippen LogP contribution < -0.4 is 5.32 Å². The minimum absolute atomic E-state index is 0.990. The van der Waals surface area contributed by atoms with Crippen molar-refractivity contribution in [1.82, 2.24) is 25.1 Å². The lowest BCUT2D eigenvalue weighted by Crippen LogP contribution is -2.14. The average Bonchev–Trinajstić information content (AvgIpc) is 3.47. The van der Waals surface area contributed by atoms with E-state index in [9.17, 15) is 0 Å². The molecule has 3 heterocycles. The molecule has 0 aliphatic carbocycles. The number of para-hydroxylation sites is 2. The van der Waals surface area contributed by atoms with Crippen LogP contribution >= 0.6 is 0 Å². The molecule has 0 bridgehead atoms. The van der Waals surface area contributed by atoms with Gasteiger partial charge in [0.2, 0.25) is 0 Å². The Bertz CT molecular complexity index is 1510. The van der Waals surface area contributed by atoms with Gasteiger partial charge >= 0.3 is 0 Å². The van der Waals surface area contributed by atoms with Gasteiger partial charge in [-0.3, -0.25) is 0 Å². The lowest BCUT2D eigenvalue weighted by molar-refractivity contribution is 0.594. The van der Waals surface area contributed by atoms with Gasteiger partial charge in [0.1, 0.15) is 0 Å². The highest BCUT2D eigenvalue weighted by atomic mass is 15.1. The molecule has 0 saturated carbocycles. The van der Waals surface area contributed by atoms with E-state index in [1.165, 1.54) is 49.9 Å². The number of hydrogen-bond donors (Lipinski definition) is 3. The van der Waals surface area contributed by atoms with E-state index in [0.717, 1.165) is 37.1 Å². The number of fused-ring (bicyclic) bond motifs is 10. The third kappa shape index (κ3) is 2.42. The summed E-state index contributed by atoms with van der Waals surface area (Å²) in [5.41, 5.74) is 5.86. The van der Waals surface area contributed by atoms with Gasteiger partial charge in [-0.05, 0) is 38.1 Å². The molecule has 30 heavy (non-hydrogen) atoms. The molecular formula is C25H25N5. The van der Waals surface area contributed by atoms with Crippen LogP contribution in [0.1, 0.15) is 19.8 Å². The first-order valence-electron chi connectivity index (χ1n) is 10.9. The fourth-order valence-electron chi connectivity index (χ4n) is 4.98. The van der Waals surface area contributed by atoms with Crippen molar-refractivity contribution in [2.24, 2.45) is 0 Å². The van der Waals surface area contributed by atoms with Crippen molar-refractivity contribution >= 4 is 54.5 Å². The van der Waals surface area contributed by atoms with Crippen molar-refractivity contribution in [2.45, 2.75) is 26.3 Å². The van der Waals surface area contributed by atoms with Crippen LogP contribution in [0.2, 0.25) is 0 Å². The topological polar surface area (TPSA) is 61.4 Å². The van der Waals surface area contributed by atoms with Gasteiger partial charge in [0.15, 0.2) is 0 Å². The van der Waals surface area contributed by atoms with Gasteiger partial charge in [0, 0.05) is 45.2 Å². The summed E-state index contributed by atoms with van der Waals surface area (Å²) in [6.45, 7) is 5.25. The van der Waals surface area contributed by atoms with E-state index in [1.807, 2.05) is 0 Å². The summed E-state index contributed by atoms with van der Waals surface area (Å²) in [6, 6.07) is 17.2. The molecule has 6 aromatic rings. The summed E-state index contributed by atoms with van der Waals surface area (Å²) in [6.07, 6.45) is 4.38. The fourth-order valence-corrected chi connectivity index (χ4v) is 4.98. The summed E-state index contributed by atoms with van der Waals surface area (Å²) in [5, 5.41) is 16.3. The zero-order valence-corrected chi connectivity index (χ0v) is 17.1. The number of aryl methyl sites for hydroxylation is 1. The van der Waals surface area contributed by atoms with Gasteiger partial charge in [-0.2, -0.15) is 0 Å². The van der Waals surface area contributed by atoms with Crippen molar-refractivity contribution in [3.8, 4) is 0 Å². The molecule has 150 valence electrons. The maximum Gasteiger partial charge on any atom is 0.0967 e. The predicted octanol–water partition coefficient (Wildman–Crippen LogP) is 5.70. The van der Waals surface area contributed by atoms with Crippen molar-refractivity contribution in [3.63, 3.8) is 0 Å². The van der Waals surface area contributed by atoms with Crippen LogP contribution in [0.25, 0.3) is 54.5 Å². The number of nitrogens with zero attached hydrogens (tertiary/aromatic N) is 2. The number of rotatable bonds is 6. The zero-order valence-electron chi connectivity index (χ0n) is 17.1. The minimum atomic E-state index is 0.990. The molecule has 3 aromatic carbocycles. The third-order valence-corrected chi connectivity index (χ3v) is 6.28. The van der Waals surface area contributed by atoms with Crippen LogP contribution in [-0.2, 0) is 6.54 Å². The van der Waals surface area contributed by atoms with E-state index >= 15 is 0 Å². The van der Waals surface area contributed by atoms with Crippen molar-refractivity contribution in [3.05, 3.63) is 54.7 Å². The van der Waals surface area contributed by atoms with Crippen LogP contribution in [-0.4, -0.2) is 32.8 Å². The molecule has 0 saturated heterocycles. The van der Waals surface area contributed by atoms with E-state index in [2.05, 4.69) is 81.7 Å². The SMILES string of the molecule is CCNCCCCn1c2ccccc2c2c3[nH][nH]cc3c3c4ccccc4nc3c21. The second kappa shape index (κ2) is 6.89. The number of aromatic nitrogens is 4. The average molecular weight is 396 g/mol. The molecule has 0 unspecified atom stereocenters. The standard InChI is InChI=1S/C25H25N5/c1-2-26-13-7-8-14-30-20-12-6-4-10-17(20)22-23-18(15-27-29-23)21-16-9-3-5-11-19(16)28-24(21)25(22)30/h3-6,9-12,15,26-27,29H,2,7-8,13-14H2,1H3. The van der Waals surface area contributed by atoms with Crippen molar-refractivity contribution in [2.75, 3.05) is 13.1 Å². The molecule has 0 fully saturated rings. The molecule has 0 atom stereocenters. The van der Waals surface area contributed by atoms with Crippen LogP contribution in [0.3, 0.4) is 0 Å². The van der Waals surface area contributed by atoms with Crippen LogP contribution in [0, 0.1) is 0 Å². The van der Waals surface area contributed by atoms with E-state index in [1.54, 1.807) is 0 Å². The minimum Gasteiger partial charge on any atom is -0.339 e. The Balaban J connectivity index is 1.71. The van der Waals surface area contributed by atoms with Gasteiger partial charge in [0.25, 0.3) is 0 Å². The maximum atomic E-state index is 5.13. The molecule has 3 aromatic heterocycles. The largest absolute Gasteiger partial charge is 0.339 e. The number of aromatic amines is 2. The first kappa shape index (κ1) is 17.5. The smallest absolute Gasteiger partial charge is 0.0967 e. The zero-order chi connectivity index (χ0) is 20.1. The normalized spacial score (nSPS) is 12.3. The van der Waals surface area contributed by atoms with E-state index in [0.29, 0.717) is 0 Å². The molecule has 0 spiro atoms. The molecular weight excluding hydrogens is 370 g/mol. The summed E-state index contributed by atoms with van der Waals surface area (Å²) in [7, 11) is 0. The van der Waals surface area contributed by atoms with Crippen molar-refractivity contribution in [1.29, 1.82) is 0 Å². The molecule has 6 rings (SSSR count). The molecule has 0 aliphatic rings. The van der Waals surface area contributed by atoms with Gasteiger partial charge in [0.05, 0.1) is 22.1 Å². The molecule has 0 amide bonds. The highest BCUT2D eigenvalue weighted by Gasteiger charge is 2.21. The van der Waals surface area contributed by atoms with Crippen LogP contribution in [0.15, 0.2) is 54.7 Å². The highest BCUT2D eigenvalue weighted by molar-refractivity contribution is 6.34. The van der Waals surface area contributed by atoms with Gasteiger partial charge in [-0.1, -0.05) is 43.3 Å². The van der Waals surface area contributed by atoms with Gasteiger partial charge < -0.3 is 20.1 Å². The Hall–Kier alpha value is -3.31. The van der Waals surface area contributed by atoms with E-state index in [-0.39, 0.29) is 0 Å². The maximum absolute atomic E-state index is 5.13. The fraction of sp³-hybridized carbons (Fsp3) is 0.240. The Labute approximate surface area is 174 Å². The monoisotopic (exact) mass is 395 g/mol. The molecule has 0 aliphatic heterocycles. The lowest BCUT2D eigenvalue weighted by atomic mass is 10.0. The third-order valence-electron chi connectivity index (χ3n) is 6.28. The summed E-state index contributed by atoms with van der Waals surface area (Å²) < 4.78 is 2.49. The molecule has 3 N–H and O–H groups in total. The summed E-state index contributed by atoms with van der Waals surface area (Å²) in [4.78, 5) is 5.13. The molecule has 0 radical (unpaired) electrons. The first-order valence-corrected chi connectivity index (χ1v) is 10.9. The van der Waals surface area contributed by atoms with Gasteiger partial charge in [-0.15, -0.1) is 0 Å². The quantitative estimate of drug-likeness (QED) is 0.317. The lowest BCUT2D eigenvalue weighted by Gasteiger charge is -2.09. The van der Waals surface area contributed by atoms with Crippen LogP contribution in [0.5, 0.6) is 0 Å². The number of benzene rings is 3. The number of H-pyrrole nitrogens is 2. The number of hydrogen-bond acceptors (Lipinski definition) is 2. The highest BCUT2D eigenvalue weighted by Crippen LogP contribution is 2.42. The Morgan fingerprint density at radius 3 is 2.67 bits per heavy atom. The second-order valence-electron chi connectivity index (χ2n) is 8.01. The number of nitrogens with one attached hydrogen (secondary N) is 3. The van der Waals surface area contributed by atoms with E-state index < -0.39 is 0 Å². The van der Waals surface area contributed by atoms with Gasteiger partial charge in [-0.25, -0.2) is 4.98 Å². The van der Waals surface area contributed by atoms with E-state index in [4.69, 9.17) is 4.98 Å². The predicted molar refractivity (Wildman–Crippen MR) is 126 cm³/mol. The van der Waals surface area contributed by atoms with Crippen LogP contribution in [0.4, 0.5) is 0 Å². The Kier molecular flexibility index (Phi) is 4.03. The Morgan fingerprint density at radius 2 is 1.77 bits per heavy atom. The van der Waals surface area contributed by atoms with Crippen molar-refractivity contribution < 1.29 is 0 Å². The Morgan fingerprint density at radius 1 is 0.933 bits per heavy atom.